The molecular formula is C47H31N3O. The third kappa shape index (κ3) is 5.12. The van der Waals surface area contributed by atoms with Crippen LogP contribution < -0.4 is 0 Å². The molecule has 0 N–H and O–H groups in total. The number of allylic oxidation sites excluding steroid dienone is 1. The minimum absolute atomic E-state index is 0.634. The van der Waals surface area contributed by atoms with E-state index in [9.17, 15) is 0 Å². The predicted molar refractivity (Wildman–Crippen MR) is 208 cm³/mol. The number of benzene rings is 7. The fourth-order valence-corrected chi connectivity index (χ4v) is 7.52. The third-order valence-corrected chi connectivity index (χ3v) is 10.0. The van der Waals surface area contributed by atoms with Gasteiger partial charge in [-0.15, -0.1) is 0 Å². The van der Waals surface area contributed by atoms with Crippen molar-refractivity contribution < 1.29 is 4.42 Å². The van der Waals surface area contributed by atoms with Gasteiger partial charge in [0, 0.05) is 34.1 Å². The van der Waals surface area contributed by atoms with Gasteiger partial charge in [-0.2, -0.15) is 0 Å². The first-order valence-corrected chi connectivity index (χ1v) is 17.4. The molecule has 0 fully saturated rings. The normalized spacial score (nSPS) is 12.7. The van der Waals surface area contributed by atoms with Crippen LogP contribution in [0, 0.1) is 0 Å². The number of nitrogens with zero attached hydrogens (tertiary/aromatic N) is 3. The van der Waals surface area contributed by atoms with Gasteiger partial charge in [-0.05, 0) is 62.4 Å². The van der Waals surface area contributed by atoms with E-state index >= 15 is 0 Å². The Labute approximate surface area is 295 Å². The van der Waals surface area contributed by atoms with E-state index in [0.29, 0.717) is 17.5 Å². The van der Waals surface area contributed by atoms with E-state index in [1.54, 1.807) is 0 Å². The maximum Gasteiger partial charge on any atom is 0.164 e. The van der Waals surface area contributed by atoms with Gasteiger partial charge in [-0.3, -0.25) is 0 Å². The lowest BCUT2D eigenvalue weighted by Crippen LogP contribution is -2.07. The molecule has 0 radical (unpaired) electrons. The Kier molecular flexibility index (Phi) is 6.91. The number of hydrogen-bond donors (Lipinski definition) is 0. The van der Waals surface area contributed by atoms with Gasteiger partial charge in [0.2, 0.25) is 0 Å². The Morgan fingerprint density at radius 3 is 1.96 bits per heavy atom. The first-order valence-electron chi connectivity index (χ1n) is 17.4. The van der Waals surface area contributed by atoms with Crippen LogP contribution in [0.25, 0.3) is 83.1 Å². The van der Waals surface area contributed by atoms with Gasteiger partial charge in [-0.1, -0.05) is 152 Å². The first-order chi connectivity index (χ1) is 25.3. The zero-order valence-electron chi connectivity index (χ0n) is 27.8. The zero-order valence-corrected chi connectivity index (χ0v) is 27.8. The highest BCUT2D eigenvalue weighted by Gasteiger charge is 2.25. The van der Waals surface area contributed by atoms with E-state index in [-0.39, 0.29) is 0 Å². The van der Waals surface area contributed by atoms with Crippen LogP contribution in [-0.2, 0) is 6.42 Å². The summed E-state index contributed by atoms with van der Waals surface area (Å²) in [6.45, 7) is 0. The van der Waals surface area contributed by atoms with E-state index in [1.807, 2.05) is 24.3 Å². The van der Waals surface area contributed by atoms with Crippen molar-refractivity contribution in [2.24, 2.45) is 0 Å². The van der Waals surface area contributed by atoms with Crippen molar-refractivity contribution in [3.05, 3.63) is 181 Å². The standard InChI is InChI=1S/C47H31N3O/c1-2-11-31(12-3-1)37-15-6-7-16-39(37)46-48-45(49-47(50-46)41-18-10-20-43-44(41)40-17-8-9-19-42(40)51-43)33-24-21-30(22-25-33)34-27-28-38-35(29-34)26-23-32-13-4-5-14-36(32)38/h1-9,11-19,21-29H,10,20H2. The average Bonchev–Trinajstić information content (AvgIpc) is 3.60. The molecule has 51 heavy (non-hydrogen) atoms. The maximum absolute atomic E-state index is 6.34. The molecule has 0 aliphatic heterocycles. The molecule has 4 nitrogen and oxygen atoms in total. The molecule has 0 bridgehead atoms. The summed E-state index contributed by atoms with van der Waals surface area (Å²) in [7, 11) is 0. The lowest BCUT2D eigenvalue weighted by molar-refractivity contribution is 0.545. The van der Waals surface area contributed by atoms with Gasteiger partial charge < -0.3 is 4.42 Å². The van der Waals surface area contributed by atoms with Crippen LogP contribution in [-0.4, -0.2) is 15.0 Å². The largest absolute Gasteiger partial charge is 0.460 e. The Hall–Kier alpha value is -6.65. The van der Waals surface area contributed by atoms with E-state index < -0.39 is 0 Å². The fourth-order valence-electron chi connectivity index (χ4n) is 7.52. The molecule has 0 amide bonds. The van der Waals surface area contributed by atoms with Crippen LogP contribution in [0.15, 0.2) is 168 Å². The lowest BCUT2D eigenvalue weighted by Gasteiger charge is -2.16. The van der Waals surface area contributed by atoms with Crippen molar-refractivity contribution in [2.45, 2.75) is 12.8 Å². The number of fused-ring (bicyclic) bond motifs is 6. The molecule has 1 aliphatic carbocycles. The second kappa shape index (κ2) is 12.0. The summed E-state index contributed by atoms with van der Waals surface area (Å²) in [5, 5.41) is 6.10. The molecule has 0 saturated carbocycles. The zero-order chi connectivity index (χ0) is 33.7. The van der Waals surface area contributed by atoms with Crippen molar-refractivity contribution in [3.63, 3.8) is 0 Å². The van der Waals surface area contributed by atoms with E-state index in [2.05, 4.69) is 140 Å². The van der Waals surface area contributed by atoms with Crippen molar-refractivity contribution in [1.29, 1.82) is 0 Å². The number of para-hydroxylation sites is 1. The van der Waals surface area contributed by atoms with Crippen LogP contribution in [0.1, 0.15) is 23.6 Å². The van der Waals surface area contributed by atoms with Crippen molar-refractivity contribution in [3.8, 4) is 45.0 Å². The maximum atomic E-state index is 6.34. The van der Waals surface area contributed by atoms with E-state index in [0.717, 1.165) is 68.5 Å². The Morgan fingerprint density at radius 2 is 1.08 bits per heavy atom. The molecular weight excluding hydrogens is 623 g/mol. The van der Waals surface area contributed by atoms with Crippen molar-refractivity contribution in [2.75, 3.05) is 0 Å². The summed E-state index contributed by atoms with van der Waals surface area (Å²) in [5.41, 5.74) is 9.35. The van der Waals surface area contributed by atoms with Gasteiger partial charge in [0.1, 0.15) is 11.3 Å². The molecule has 0 unspecified atom stereocenters. The van der Waals surface area contributed by atoms with Crippen LogP contribution >= 0.6 is 0 Å². The minimum atomic E-state index is 0.634. The molecule has 2 heterocycles. The second-order valence-corrected chi connectivity index (χ2v) is 13.1. The predicted octanol–water partition coefficient (Wildman–Crippen LogP) is 12.0. The highest BCUT2D eigenvalue weighted by Crippen LogP contribution is 2.40. The van der Waals surface area contributed by atoms with E-state index in [4.69, 9.17) is 19.4 Å². The highest BCUT2D eigenvalue weighted by molar-refractivity contribution is 6.08. The number of rotatable bonds is 5. The third-order valence-electron chi connectivity index (χ3n) is 10.0. The molecule has 4 heteroatoms. The highest BCUT2D eigenvalue weighted by atomic mass is 16.3. The average molecular weight is 654 g/mol. The quantitative estimate of drug-likeness (QED) is 0.173. The monoisotopic (exact) mass is 653 g/mol. The van der Waals surface area contributed by atoms with Gasteiger partial charge in [0.15, 0.2) is 17.5 Å². The summed E-state index contributed by atoms with van der Waals surface area (Å²) >= 11 is 0. The Morgan fingerprint density at radius 1 is 0.431 bits per heavy atom. The van der Waals surface area contributed by atoms with Crippen LogP contribution in [0.2, 0.25) is 0 Å². The number of aryl methyl sites for hydroxylation is 1. The van der Waals surface area contributed by atoms with Gasteiger partial charge in [0.05, 0.1) is 0 Å². The van der Waals surface area contributed by atoms with Crippen LogP contribution in [0.5, 0.6) is 0 Å². The number of hydrogen-bond acceptors (Lipinski definition) is 4. The fraction of sp³-hybridized carbons (Fsp3) is 0.0426. The topological polar surface area (TPSA) is 51.8 Å². The molecule has 7 aromatic carbocycles. The SMILES string of the molecule is C1=C(c2nc(-c3ccc(-c4ccc5c(ccc6ccccc65)c4)cc3)nc(-c3ccccc3-c3ccccc3)n2)c2c(oc3ccccc23)CC1. The van der Waals surface area contributed by atoms with Gasteiger partial charge in [0.25, 0.3) is 0 Å². The van der Waals surface area contributed by atoms with Gasteiger partial charge >= 0.3 is 0 Å². The summed E-state index contributed by atoms with van der Waals surface area (Å²) in [6.07, 6.45) is 3.96. The molecule has 0 spiro atoms. The van der Waals surface area contributed by atoms with Gasteiger partial charge in [-0.25, -0.2) is 15.0 Å². The summed E-state index contributed by atoms with van der Waals surface area (Å²) < 4.78 is 6.34. The smallest absolute Gasteiger partial charge is 0.164 e. The molecule has 240 valence electrons. The molecule has 0 saturated heterocycles. The lowest BCUT2D eigenvalue weighted by atomic mass is 9.93. The molecule has 1 aliphatic rings. The van der Waals surface area contributed by atoms with E-state index in [1.165, 1.54) is 27.1 Å². The number of aromatic nitrogens is 3. The second-order valence-electron chi connectivity index (χ2n) is 13.1. The minimum Gasteiger partial charge on any atom is -0.460 e. The van der Waals surface area contributed by atoms with Crippen LogP contribution in [0.3, 0.4) is 0 Å². The van der Waals surface area contributed by atoms with Crippen molar-refractivity contribution >= 4 is 38.1 Å². The molecule has 2 aromatic heterocycles. The first kappa shape index (κ1) is 29.3. The van der Waals surface area contributed by atoms with Crippen LogP contribution in [0.4, 0.5) is 0 Å². The summed E-state index contributed by atoms with van der Waals surface area (Å²) in [6, 6.07) is 55.3. The summed E-state index contributed by atoms with van der Waals surface area (Å²) in [5.74, 6) is 2.90. The molecule has 9 aromatic rings. The Bertz CT molecular complexity index is 2800. The Balaban J connectivity index is 1.11. The van der Waals surface area contributed by atoms with Crippen molar-refractivity contribution in [1.82, 2.24) is 15.0 Å². The molecule has 10 rings (SSSR count). The summed E-state index contributed by atoms with van der Waals surface area (Å²) in [4.78, 5) is 15.5. The molecule has 0 atom stereocenters. The number of furan rings is 1.